The van der Waals surface area contributed by atoms with Crippen molar-refractivity contribution in [3.05, 3.63) is 101 Å². The number of aryl methyl sites for hydroxylation is 1. The minimum Gasteiger partial charge on any atom is -0.626 e. The van der Waals surface area contributed by atoms with Crippen LogP contribution in [0.1, 0.15) is 21.5 Å². The Kier molecular flexibility index (Phi) is 6.34. The summed E-state index contributed by atoms with van der Waals surface area (Å²) < 4.78 is 4.85. The molecule has 35 heavy (non-hydrogen) atoms. The van der Waals surface area contributed by atoms with Crippen LogP contribution in [0.4, 0.5) is 5.82 Å². The summed E-state index contributed by atoms with van der Waals surface area (Å²) >= 11 is 0. The molecule has 0 aliphatic carbocycles. The van der Waals surface area contributed by atoms with Crippen molar-refractivity contribution in [3.63, 3.8) is 0 Å². The van der Waals surface area contributed by atoms with Gasteiger partial charge in [0.25, 0.3) is 5.91 Å². The number of rotatable bonds is 5. The first-order chi connectivity index (χ1) is 16.9. The zero-order chi connectivity index (χ0) is 24.4. The number of hydrogen-bond donors (Lipinski definition) is 0. The van der Waals surface area contributed by atoms with Gasteiger partial charge in [0.15, 0.2) is 0 Å². The largest absolute Gasteiger partial charge is 0.626 e. The van der Waals surface area contributed by atoms with Gasteiger partial charge in [-0.25, -0.2) is 4.98 Å². The number of aromatic nitrogens is 1. The molecule has 5 rings (SSSR count). The van der Waals surface area contributed by atoms with Gasteiger partial charge in [0.05, 0.1) is 18.8 Å². The molecule has 0 N–H and O–H groups in total. The third-order valence-corrected chi connectivity index (χ3v) is 6.75. The van der Waals surface area contributed by atoms with Crippen LogP contribution in [-0.2, 0) is 11.3 Å². The van der Waals surface area contributed by atoms with Gasteiger partial charge in [-0.2, -0.15) is 0 Å². The van der Waals surface area contributed by atoms with E-state index in [0.717, 1.165) is 27.6 Å². The average Bonchev–Trinajstić information content (AvgIpc) is 2.88. The number of pyridine rings is 1. The van der Waals surface area contributed by atoms with Crippen molar-refractivity contribution in [2.45, 2.75) is 13.5 Å². The van der Waals surface area contributed by atoms with Crippen LogP contribution in [0, 0.1) is 12.1 Å². The van der Waals surface area contributed by atoms with Crippen LogP contribution in [0.3, 0.4) is 0 Å². The lowest BCUT2D eigenvalue weighted by molar-refractivity contribution is 0.0601. The Morgan fingerprint density at radius 2 is 1.69 bits per heavy atom. The standard InChI is InChI=1S/C29H29N3O3/c1-21-7-3-6-10-25(21)26-18-28(32(34)13-15-35-16-14-32)30-19-27(26)29(33)31(2)20-22-11-12-23-8-4-5-9-24(23)17-22/h3-12,17-19H,13-16,20H2,1-2H3. The van der Waals surface area contributed by atoms with Crippen molar-refractivity contribution in [1.29, 1.82) is 0 Å². The SMILES string of the molecule is Cc1ccccc1-c1cc([N+]2([O-])CCOCC2)ncc1C(=O)N(C)Cc1ccc2ccccc2c1. The molecule has 2 heterocycles. The maximum Gasteiger partial charge on any atom is 0.256 e. The normalized spacial score (nSPS) is 15.2. The highest BCUT2D eigenvalue weighted by atomic mass is 16.6. The van der Waals surface area contributed by atoms with E-state index in [0.29, 0.717) is 44.2 Å². The van der Waals surface area contributed by atoms with Crippen LogP contribution in [0.2, 0.25) is 0 Å². The fourth-order valence-electron chi connectivity index (χ4n) is 4.69. The number of carbonyl (C=O) groups excluding carboxylic acids is 1. The van der Waals surface area contributed by atoms with Crippen LogP contribution in [0.5, 0.6) is 0 Å². The van der Waals surface area contributed by atoms with Crippen molar-refractivity contribution < 1.29 is 9.53 Å². The fraction of sp³-hybridized carbons (Fsp3) is 0.241. The number of hydroxylamine groups is 2. The Labute approximate surface area is 205 Å². The topological polar surface area (TPSA) is 65.5 Å². The predicted octanol–water partition coefficient (Wildman–Crippen LogP) is 5.32. The minimum absolute atomic E-state index is 0.130. The fourth-order valence-corrected chi connectivity index (χ4v) is 4.69. The van der Waals surface area contributed by atoms with Crippen molar-refractivity contribution in [1.82, 2.24) is 14.5 Å². The molecule has 178 valence electrons. The molecular weight excluding hydrogens is 438 g/mol. The minimum atomic E-state index is -0.541. The lowest BCUT2D eigenvalue weighted by Gasteiger charge is -2.43. The second-order valence-corrected chi connectivity index (χ2v) is 9.19. The Morgan fingerprint density at radius 3 is 2.46 bits per heavy atom. The van der Waals surface area contributed by atoms with E-state index in [1.165, 1.54) is 5.39 Å². The number of carbonyl (C=O) groups is 1. The number of ether oxygens (including phenoxy) is 1. The molecule has 0 spiro atoms. The number of morpholine rings is 1. The number of nitrogens with zero attached hydrogens (tertiary/aromatic N) is 3. The molecule has 1 amide bonds. The molecule has 1 aliphatic heterocycles. The number of benzene rings is 3. The van der Waals surface area contributed by atoms with E-state index in [4.69, 9.17) is 4.74 Å². The zero-order valence-corrected chi connectivity index (χ0v) is 20.1. The van der Waals surface area contributed by atoms with E-state index in [1.807, 2.05) is 43.3 Å². The zero-order valence-electron chi connectivity index (χ0n) is 20.1. The van der Waals surface area contributed by atoms with Crippen molar-refractivity contribution in [2.24, 2.45) is 0 Å². The van der Waals surface area contributed by atoms with Crippen molar-refractivity contribution >= 4 is 22.5 Å². The van der Waals surface area contributed by atoms with Crippen molar-refractivity contribution in [2.75, 3.05) is 33.4 Å². The van der Waals surface area contributed by atoms with Gasteiger partial charge in [-0.15, -0.1) is 0 Å². The smallest absolute Gasteiger partial charge is 0.256 e. The van der Waals surface area contributed by atoms with Crippen molar-refractivity contribution in [3.8, 4) is 11.1 Å². The molecular formula is C29H29N3O3. The average molecular weight is 468 g/mol. The summed E-state index contributed by atoms with van der Waals surface area (Å²) in [4.78, 5) is 19.9. The highest BCUT2D eigenvalue weighted by molar-refractivity contribution is 6.01. The number of fused-ring (bicyclic) bond motifs is 1. The first kappa shape index (κ1) is 23.2. The number of quaternary nitrogens is 1. The second-order valence-electron chi connectivity index (χ2n) is 9.19. The molecule has 0 saturated carbocycles. The Morgan fingerprint density at radius 1 is 0.971 bits per heavy atom. The molecule has 3 aromatic carbocycles. The lowest BCUT2D eigenvalue weighted by Crippen LogP contribution is -2.52. The summed E-state index contributed by atoms with van der Waals surface area (Å²) in [5, 5.41) is 15.8. The van der Waals surface area contributed by atoms with Gasteiger partial charge in [-0.3, -0.25) is 4.79 Å². The third-order valence-electron chi connectivity index (χ3n) is 6.75. The van der Waals surface area contributed by atoms with Crippen LogP contribution in [0.15, 0.2) is 79.0 Å². The number of hydrogen-bond acceptors (Lipinski definition) is 4. The van der Waals surface area contributed by atoms with Gasteiger partial charge in [0.2, 0.25) is 5.82 Å². The Hall–Kier alpha value is -3.58. The summed E-state index contributed by atoms with van der Waals surface area (Å²) in [5.41, 5.74) is 4.25. The first-order valence-electron chi connectivity index (χ1n) is 11.9. The molecule has 1 aromatic heterocycles. The van der Waals surface area contributed by atoms with Crippen LogP contribution in [0.25, 0.3) is 21.9 Å². The van der Waals surface area contributed by atoms with Gasteiger partial charge >= 0.3 is 0 Å². The quantitative estimate of drug-likeness (QED) is 0.294. The maximum atomic E-state index is 13.7. The van der Waals surface area contributed by atoms with Crippen LogP contribution >= 0.6 is 0 Å². The Balaban J connectivity index is 1.50. The summed E-state index contributed by atoms with van der Waals surface area (Å²) in [6, 6.07) is 24.2. The molecule has 0 radical (unpaired) electrons. The van der Waals surface area contributed by atoms with Gasteiger partial charge in [0, 0.05) is 31.4 Å². The van der Waals surface area contributed by atoms with E-state index in [1.54, 1.807) is 24.2 Å². The molecule has 1 saturated heterocycles. The molecule has 0 atom stereocenters. The van der Waals surface area contributed by atoms with E-state index >= 15 is 0 Å². The Bertz CT molecular complexity index is 1380. The number of amides is 1. The van der Waals surface area contributed by atoms with Gasteiger partial charge < -0.3 is 19.5 Å². The van der Waals surface area contributed by atoms with Crippen LogP contribution in [-0.4, -0.2) is 49.1 Å². The summed E-state index contributed by atoms with van der Waals surface area (Å²) in [7, 11) is 1.80. The molecule has 1 fully saturated rings. The molecule has 0 unspecified atom stereocenters. The van der Waals surface area contributed by atoms with E-state index < -0.39 is 4.65 Å². The van der Waals surface area contributed by atoms with Crippen LogP contribution < -0.4 is 4.65 Å². The summed E-state index contributed by atoms with van der Waals surface area (Å²) in [6.45, 7) is 3.92. The second kappa shape index (κ2) is 9.58. The highest BCUT2D eigenvalue weighted by Crippen LogP contribution is 2.33. The monoisotopic (exact) mass is 467 g/mol. The molecule has 6 nitrogen and oxygen atoms in total. The van der Waals surface area contributed by atoms with E-state index in [9.17, 15) is 10.0 Å². The third kappa shape index (κ3) is 4.68. The summed E-state index contributed by atoms with van der Waals surface area (Å²) in [5.74, 6) is 0.287. The van der Waals surface area contributed by atoms with E-state index in [2.05, 4.69) is 35.3 Å². The van der Waals surface area contributed by atoms with Gasteiger partial charge in [-0.1, -0.05) is 60.7 Å². The predicted molar refractivity (Wildman–Crippen MR) is 140 cm³/mol. The lowest BCUT2D eigenvalue weighted by atomic mass is 9.96. The highest BCUT2D eigenvalue weighted by Gasteiger charge is 2.28. The maximum absolute atomic E-state index is 13.7. The molecule has 6 heteroatoms. The van der Waals surface area contributed by atoms with Gasteiger partial charge in [-0.05, 0) is 40.5 Å². The first-order valence-corrected chi connectivity index (χ1v) is 11.9. The molecule has 0 bridgehead atoms. The molecule has 4 aromatic rings. The van der Waals surface area contributed by atoms with E-state index in [-0.39, 0.29) is 5.91 Å². The van der Waals surface area contributed by atoms with Gasteiger partial charge in [0.1, 0.15) is 13.1 Å². The summed E-state index contributed by atoms with van der Waals surface area (Å²) in [6.07, 6.45) is 1.57. The molecule has 1 aliphatic rings.